The maximum atomic E-state index is 12.1. The number of allylic oxidation sites excluding steroid dienone is 2. The maximum absolute atomic E-state index is 12.1. The van der Waals surface area contributed by atoms with Crippen LogP contribution in [0.25, 0.3) is 0 Å². The molecule has 0 amide bonds. The Kier molecular flexibility index (Phi) is 4.88. The van der Waals surface area contributed by atoms with Gasteiger partial charge in [-0.2, -0.15) is 0 Å². The van der Waals surface area contributed by atoms with Crippen molar-refractivity contribution in [1.29, 1.82) is 0 Å². The van der Waals surface area contributed by atoms with E-state index in [4.69, 9.17) is 33.1 Å². The van der Waals surface area contributed by atoms with Crippen molar-refractivity contribution in [1.82, 2.24) is 4.98 Å². The van der Waals surface area contributed by atoms with Crippen LogP contribution in [-0.4, -0.2) is 19.5 Å². The van der Waals surface area contributed by atoms with Gasteiger partial charge in [-0.25, -0.2) is 13.6 Å². The minimum absolute atomic E-state index is 0.149. The highest BCUT2D eigenvalue weighted by atomic mass is 35.5. The summed E-state index contributed by atoms with van der Waals surface area (Å²) in [6, 6.07) is 12.1. The van der Waals surface area contributed by atoms with Crippen molar-refractivity contribution in [3.8, 4) is 5.75 Å². The van der Waals surface area contributed by atoms with Crippen LogP contribution >= 0.6 is 23.2 Å². The lowest BCUT2D eigenvalue weighted by Gasteiger charge is -2.36. The number of benzene rings is 1. The van der Waals surface area contributed by atoms with Crippen LogP contribution in [0.2, 0.25) is 0 Å². The number of aromatic nitrogens is 1. The molecule has 0 radical (unpaired) electrons. The Labute approximate surface area is 155 Å². The number of primary sulfonamides is 1. The molecule has 2 N–H and O–H groups in total. The number of alkyl halides is 1. The zero-order chi connectivity index (χ0) is 18.1. The fraction of sp³-hybridized carbons (Fsp3) is 0.118. The number of rotatable bonds is 4. The van der Waals surface area contributed by atoms with Crippen LogP contribution in [0.3, 0.4) is 0 Å². The Morgan fingerprint density at radius 1 is 1.16 bits per heavy atom. The van der Waals surface area contributed by atoms with Crippen LogP contribution in [0.5, 0.6) is 5.75 Å². The zero-order valence-corrected chi connectivity index (χ0v) is 15.2. The number of pyridine rings is 1. The van der Waals surface area contributed by atoms with Crippen LogP contribution in [0.15, 0.2) is 76.9 Å². The number of para-hydroxylation sites is 1. The molecule has 130 valence electrons. The predicted octanol–water partition coefficient (Wildman–Crippen LogP) is 3.27. The summed E-state index contributed by atoms with van der Waals surface area (Å²) in [7, 11) is -4.10. The van der Waals surface area contributed by atoms with Crippen LogP contribution in [0.4, 0.5) is 0 Å². The third-order valence-electron chi connectivity index (χ3n) is 3.70. The van der Waals surface area contributed by atoms with Gasteiger partial charge < -0.3 is 4.74 Å². The number of nitrogens with two attached hydrogens (primary N) is 1. The molecule has 8 heteroatoms. The van der Waals surface area contributed by atoms with Crippen molar-refractivity contribution in [2.24, 2.45) is 5.14 Å². The van der Waals surface area contributed by atoms with E-state index >= 15 is 0 Å². The van der Waals surface area contributed by atoms with E-state index in [-0.39, 0.29) is 9.94 Å². The molecule has 1 aromatic carbocycles. The zero-order valence-electron chi connectivity index (χ0n) is 12.8. The molecule has 2 aromatic rings. The monoisotopic (exact) mass is 396 g/mol. The summed E-state index contributed by atoms with van der Waals surface area (Å²) in [5, 5.41) is 5.53. The molecular weight excluding hydrogens is 383 g/mol. The third kappa shape index (κ3) is 3.72. The van der Waals surface area contributed by atoms with Gasteiger partial charge in [0.2, 0.25) is 10.0 Å². The SMILES string of the molecule is NS(=O)(=O)C1=CC(Cl)=CC(Cl)(c2cccnc2)C1Oc1ccccc1. The lowest BCUT2D eigenvalue weighted by atomic mass is 9.89. The number of sulfonamides is 1. The molecule has 0 fully saturated rings. The molecule has 2 atom stereocenters. The summed E-state index contributed by atoms with van der Waals surface area (Å²) in [6.07, 6.45) is 4.78. The third-order valence-corrected chi connectivity index (χ3v) is 5.43. The summed E-state index contributed by atoms with van der Waals surface area (Å²) < 4.78 is 30.2. The van der Waals surface area contributed by atoms with Gasteiger partial charge in [0.1, 0.15) is 15.5 Å². The van der Waals surface area contributed by atoms with E-state index in [0.29, 0.717) is 11.3 Å². The molecule has 2 unspecified atom stereocenters. The molecule has 0 spiro atoms. The number of nitrogens with zero attached hydrogens (tertiary/aromatic N) is 1. The first-order valence-corrected chi connectivity index (χ1v) is 9.55. The molecule has 5 nitrogen and oxygen atoms in total. The molecule has 1 aliphatic carbocycles. The summed E-state index contributed by atoms with van der Waals surface area (Å²) in [6.45, 7) is 0. The van der Waals surface area contributed by atoms with E-state index in [1.807, 2.05) is 6.07 Å². The molecule has 0 aliphatic heterocycles. The first-order chi connectivity index (χ1) is 11.8. The second-order valence-electron chi connectivity index (χ2n) is 5.44. The van der Waals surface area contributed by atoms with Crippen LogP contribution in [0, 0.1) is 0 Å². The van der Waals surface area contributed by atoms with Crippen molar-refractivity contribution in [2.75, 3.05) is 0 Å². The van der Waals surface area contributed by atoms with E-state index < -0.39 is 21.0 Å². The average Bonchev–Trinajstić information content (AvgIpc) is 2.58. The Bertz CT molecular complexity index is 931. The Balaban J connectivity index is 2.16. The minimum Gasteiger partial charge on any atom is -0.482 e. The fourth-order valence-electron chi connectivity index (χ4n) is 2.57. The largest absolute Gasteiger partial charge is 0.482 e. The molecule has 0 saturated heterocycles. The predicted molar refractivity (Wildman–Crippen MR) is 97.8 cm³/mol. The Morgan fingerprint density at radius 3 is 2.48 bits per heavy atom. The standard InChI is InChI=1S/C17H14Cl2N2O3S/c18-13-9-15(25(20,22)23)16(24-14-6-2-1-3-7-14)17(19,10-13)12-5-4-8-21-11-12/h1-11,16H,(H2,20,22,23). The van der Waals surface area contributed by atoms with Gasteiger partial charge in [0.25, 0.3) is 0 Å². The summed E-state index contributed by atoms with van der Waals surface area (Å²) in [5.41, 5.74) is 0.532. The van der Waals surface area contributed by atoms with Crippen molar-refractivity contribution < 1.29 is 13.2 Å². The van der Waals surface area contributed by atoms with Gasteiger partial charge in [0.15, 0.2) is 6.10 Å². The Morgan fingerprint density at radius 2 is 1.88 bits per heavy atom. The van der Waals surface area contributed by atoms with E-state index in [2.05, 4.69) is 4.98 Å². The molecule has 0 bridgehead atoms. The lowest BCUT2D eigenvalue weighted by Crippen LogP contribution is -2.44. The van der Waals surface area contributed by atoms with E-state index in [0.717, 1.165) is 0 Å². The number of halogens is 2. The van der Waals surface area contributed by atoms with Crippen LogP contribution < -0.4 is 9.88 Å². The molecule has 0 saturated carbocycles. The number of ether oxygens (including phenoxy) is 1. The lowest BCUT2D eigenvalue weighted by molar-refractivity contribution is 0.209. The highest BCUT2D eigenvalue weighted by Gasteiger charge is 2.47. The minimum atomic E-state index is -4.10. The van der Waals surface area contributed by atoms with Crippen molar-refractivity contribution in [2.45, 2.75) is 11.0 Å². The van der Waals surface area contributed by atoms with Crippen molar-refractivity contribution >= 4 is 33.2 Å². The van der Waals surface area contributed by atoms with Gasteiger partial charge >= 0.3 is 0 Å². The van der Waals surface area contributed by atoms with E-state index in [9.17, 15) is 8.42 Å². The van der Waals surface area contributed by atoms with Gasteiger partial charge in [-0.05, 0) is 35.9 Å². The normalized spacial score (nSPS) is 23.6. The number of hydrogen-bond acceptors (Lipinski definition) is 4. The van der Waals surface area contributed by atoms with E-state index in [1.54, 1.807) is 42.6 Å². The summed E-state index contributed by atoms with van der Waals surface area (Å²) in [4.78, 5) is 2.45. The average molecular weight is 397 g/mol. The summed E-state index contributed by atoms with van der Waals surface area (Å²) in [5.74, 6) is 0.447. The first-order valence-electron chi connectivity index (χ1n) is 7.24. The molecule has 1 heterocycles. The maximum Gasteiger partial charge on any atom is 0.238 e. The molecule has 25 heavy (non-hydrogen) atoms. The van der Waals surface area contributed by atoms with Gasteiger partial charge in [0.05, 0.1) is 0 Å². The van der Waals surface area contributed by atoms with Gasteiger partial charge in [0, 0.05) is 17.4 Å². The molecule has 1 aromatic heterocycles. The smallest absolute Gasteiger partial charge is 0.238 e. The molecular formula is C17H14Cl2N2O3S. The molecule has 3 rings (SSSR count). The quantitative estimate of drug-likeness (QED) is 0.803. The summed E-state index contributed by atoms with van der Waals surface area (Å²) >= 11 is 12.9. The topological polar surface area (TPSA) is 82.3 Å². The van der Waals surface area contributed by atoms with Gasteiger partial charge in [-0.3, -0.25) is 4.98 Å². The van der Waals surface area contributed by atoms with Crippen LogP contribution in [0.1, 0.15) is 5.56 Å². The fourth-order valence-corrected chi connectivity index (χ4v) is 4.26. The number of hydrogen-bond donors (Lipinski definition) is 1. The van der Waals surface area contributed by atoms with Crippen LogP contribution in [-0.2, 0) is 14.9 Å². The van der Waals surface area contributed by atoms with Gasteiger partial charge in [-0.15, -0.1) is 11.6 Å². The van der Waals surface area contributed by atoms with E-state index in [1.165, 1.54) is 18.3 Å². The Hall–Kier alpha value is -1.86. The highest BCUT2D eigenvalue weighted by Crippen LogP contribution is 2.44. The first kappa shape index (κ1) is 17.9. The molecule has 1 aliphatic rings. The van der Waals surface area contributed by atoms with Crippen molar-refractivity contribution in [3.63, 3.8) is 0 Å². The second kappa shape index (κ2) is 6.80. The highest BCUT2D eigenvalue weighted by molar-refractivity contribution is 7.93. The second-order valence-corrected chi connectivity index (χ2v) is 8.06. The van der Waals surface area contributed by atoms with Gasteiger partial charge in [-0.1, -0.05) is 35.9 Å². The van der Waals surface area contributed by atoms with Crippen molar-refractivity contribution in [3.05, 3.63) is 82.5 Å².